The van der Waals surface area contributed by atoms with Crippen molar-refractivity contribution in [3.05, 3.63) is 34.7 Å². The van der Waals surface area contributed by atoms with Gasteiger partial charge >= 0.3 is 0 Å². The van der Waals surface area contributed by atoms with Gasteiger partial charge in [0.25, 0.3) is 0 Å². The fraction of sp³-hybridized carbons (Fsp3) is 0.111. The average molecular weight is 133 g/mol. The van der Waals surface area contributed by atoms with E-state index in [-0.39, 0.29) is 0 Å². The molecule has 52 valence electrons. The smallest absolute Gasteiger partial charge is 0.00174 e. The van der Waals surface area contributed by atoms with Crippen LogP contribution in [-0.2, 0) is 0 Å². The van der Waals surface area contributed by atoms with Crippen molar-refractivity contribution in [3.8, 4) is 0 Å². The third-order valence-corrected chi connectivity index (χ3v) is 1.49. The van der Waals surface area contributed by atoms with E-state index in [0.717, 1.165) is 5.22 Å². The Morgan fingerprint density at radius 3 is 2.20 bits per heavy atom. The first-order valence-electron chi connectivity index (χ1n) is 3.32. The minimum atomic E-state index is 1.09. The van der Waals surface area contributed by atoms with Gasteiger partial charge in [0, 0.05) is 6.20 Å². The minimum Gasteiger partial charge on any atom is -0.404 e. The zero-order chi connectivity index (χ0) is 7.40. The molecule has 1 nitrogen and oxygen atoms in total. The summed E-state index contributed by atoms with van der Waals surface area (Å²) in [6.45, 7) is 2.00. The highest BCUT2D eigenvalue weighted by Crippen LogP contribution is 1.69. The van der Waals surface area contributed by atoms with Gasteiger partial charge in [0.1, 0.15) is 0 Å². The van der Waals surface area contributed by atoms with Crippen molar-refractivity contribution in [2.45, 2.75) is 6.92 Å². The molecule has 0 saturated heterocycles. The van der Waals surface area contributed by atoms with E-state index >= 15 is 0 Å². The molecule has 2 N–H and O–H groups in total. The van der Waals surface area contributed by atoms with Crippen LogP contribution in [0.5, 0.6) is 0 Å². The predicted octanol–water partition coefficient (Wildman–Crippen LogP) is 0.184. The van der Waals surface area contributed by atoms with Crippen LogP contribution in [0.4, 0.5) is 0 Å². The highest BCUT2D eigenvalue weighted by molar-refractivity contribution is 5.27. The van der Waals surface area contributed by atoms with Crippen molar-refractivity contribution in [2.24, 2.45) is 5.73 Å². The van der Waals surface area contributed by atoms with Gasteiger partial charge < -0.3 is 5.73 Å². The van der Waals surface area contributed by atoms with Crippen LogP contribution < -0.4 is 16.2 Å². The summed E-state index contributed by atoms with van der Waals surface area (Å²) in [5, 5.41) is 2.27. The average Bonchev–Trinajstić information content (AvgIpc) is 2.04. The molecule has 0 bridgehead atoms. The Balaban J connectivity index is 3.53. The Labute approximate surface area is 60.5 Å². The largest absolute Gasteiger partial charge is 0.404 e. The summed E-state index contributed by atoms with van der Waals surface area (Å²) in [4.78, 5) is 0. The summed E-state index contributed by atoms with van der Waals surface area (Å²) < 4.78 is 0. The van der Waals surface area contributed by atoms with Gasteiger partial charge in [-0.3, -0.25) is 0 Å². The van der Waals surface area contributed by atoms with Gasteiger partial charge in [-0.05, 0) is 17.4 Å². The van der Waals surface area contributed by atoms with Crippen LogP contribution in [0.25, 0.3) is 12.3 Å². The zero-order valence-electron chi connectivity index (χ0n) is 6.04. The number of nitrogens with two attached hydrogens (primary N) is 1. The van der Waals surface area contributed by atoms with E-state index in [9.17, 15) is 0 Å². The van der Waals surface area contributed by atoms with Crippen LogP contribution >= 0.6 is 0 Å². The van der Waals surface area contributed by atoms with Gasteiger partial charge in [-0.25, -0.2) is 0 Å². The first kappa shape index (κ1) is 6.87. The van der Waals surface area contributed by atoms with Crippen molar-refractivity contribution < 1.29 is 0 Å². The molecule has 0 unspecified atom stereocenters. The first-order chi connectivity index (χ1) is 4.88. The summed E-state index contributed by atoms with van der Waals surface area (Å²) in [6, 6.07) is 8.02. The van der Waals surface area contributed by atoms with Gasteiger partial charge in [-0.2, -0.15) is 0 Å². The molecule has 0 aliphatic heterocycles. The van der Waals surface area contributed by atoms with Crippen molar-refractivity contribution in [1.82, 2.24) is 0 Å². The molecule has 0 aromatic heterocycles. The maximum absolute atomic E-state index is 5.38. The van der Waals surface area contributed by atoms with Crippen LogP contribution in [-0.4, -0.2) is 0 Å². The van der Waals surface area contributed by atoms with Crippen LogP contribution in [0.2, 0.25) is 0 Å². The quantitative estimate of drug-likeness (QED) is 0.537. The highest BCUT2D eigenvalue weighted by Gasteiger charge is 1.77. The molecular weight excluding hydrogens is 122 g/mol. The summed E-state index contributed by atoms with van der Waals surface area (Å²) in [6.07, 6.45) is 3.66. The Morgan fingerprint density at radius 1 is 1.20 bits per heavy atom. The SMILES string of the molecule is C/C=c1/cccc/c1=C/N. The fourth-order valence-corrected chi connectivity index (χ4v) is 0.926. The third kappa shape index (κ3) is 1.18. The summed E-state index contributed by atoms with van der Waals surface area (Å²) in [5.74, 6) is 0. The van der Waals surface area contributed by atoms with Crippen LogP contribution in [0, 0.1) is 0 Å². The molecule has 0 aliphatic rings. The molecule has 10 heavy (non-hydrogen) atoms. The molecule has 0 spiro atoms. The first-order valence-corrected chi connectivity index (χ1v) is 3.32. The standard InChI is InChI=1S/C9H11N/c1-2-8-5-3-4-6-9(8)7-10/h2-7H,10H2,1H3/b8-2-,9-7-. The molecule has 1 aromatic rings. The molecule has 0 saturated carbocycles. The van der Waals surface area contributed by atoms with Crippen molar-refractivity contribution in [2.75, 3.05) is 0 Å². The maximum atomic E-state index is 5.38. The normalized spacial score (nSPS) is 14.1. The fourth-order valence-electron chi connectivity index (χ4n) is 0.926. The Hall–Kier alpha value is -1.24. The second-order valence-electron chi connectivity index (χ2n) is 2.08. The number of benzene rings is 1. The van der Waals surface area contributed by atoms with E-state index < -0.39 is 0 Å². The van der Waals surface area contributed by atoms with E-state index in [1.54, 1.807) is 6.20 Å². The molecule has 1 heteroatoms. The summed E-state index contributed by atoms with van der Waals surface area (Å²) in [7, 11) is 0. The Bertz CT molecular complexity index is 279. The van der Waals surface area contributed by atoms with Crippen LogP contribution in [0.15, 0.2) is 24.3 Å². The van der Waals surface area contributed by atoms with E-state index in [4.69, 9.17) is 5.73 Å². The Morgan fingerprint density at radius 2 is 1.80 bits per heavy atom. The molecule has 0 fully saturated rings. The van der Waals surface area contributed by atoms with Gasteiger partial charge in [-0.1, -0.05) is 30.3 Å². The molecule has 1 rings (SSSR count). The van der Waals surface area contributed by atoms with Crippen LogP contribution in [0.1, 0.15) is 6.92 Å². The number of hydrogen-bond acceptors (Lipinski definition) is 1. The molecule has 0 atom stereocenters. The summed E-state index contributed by atoms with van der Waals surface area (Å²) >= 11 is 0. The lowest BCUT2D eigenvalue weighted by atomic mass is 10.2. The topological polar surface area (TPSA) is 26.0 Å². The lowest BCUT2D eigenvalue weighted by Gasteiger charge is -1.85. The van der Waals surface area contributed by atoms with E-state index in [1.165, 1.54) is 5.22 Å². The highest BCUT2D eigenvalue weighted by atomic mass is 14.5. The minimum absolute atomic E-state index is 1.09. The molecule has 0 amide bonds. The lowest BCUT2D eigenvalue weighted by molar-refractivity contribution is 1.48. The van der Waals surface area contributed by atoms with E-state index in [1.807, 2.05) is 37.3 Å². The molecule has 0 heterocycles. The van der Waals surface area contributed by atoms with Crippen molar-refractivity contribution in [1.29, 1.82) is 0 Å². The molecule has 0 aliphatic carbocycles. The second kappa shape index (κ2) is 3.06. The van der Waals surface area contributed by atoms with Gasteiger partial charge in [0.05, 0.1) is 0 Å². The second-order valence-corrected chi connectivity index (χ2v) is 2.08. The number of rotatable bonds is 0. The number of hydrogen-bond donors (Lipinski definition) is 1. The summed E-state index contributed by atoms with van der Waals surface area (Å²) in [5.41, 5.74) is 5.38. The predicted molar refractivity (Wildman–Crippen MR) is 44.5 cm³/mol. The maximum Gasteiger partial charge on any atom is 0.00174 e. The monoisotopic (exact) mass is 133 g/mol. The van der Waals surface area contributed by atoms with Crippen molar-refractivity contribution in [3.63, 3.8) is 0 Å². The van der Waals surface area contributed by atoms with E-state index in [0.29, 0.717) is 0 Å². The third-order valence-electron chi connectivity index (χ3n) is 1.49. The Kier molecular flexibility index (Phi) is 2.11. The van der Waals surface area contributed by atoms with Gasteiger partial charge in [0.15, 0.2) is 0 Å². The van der Waals surface area contributed by atoms with Gasteiger partial charge in [-0.15, -0.1) is 0 Å². The van der Waals surface area contributed by atoms with Crippen molar-refractivity contribution >= 4 is 12.3 Å². The van der Waals surface area contributed by atoms with Crippen LogP contribution in [0.3, 0.4) is 0 Å². The van der Waals surface area contributed by atoms with Gasteiger partial charge in [0.2, 0.25) is 0 Å². The molecule has 0 radical (unpaired) electrons. The van der Waals surface area contributed by atoms with E-state index in [2.05, 4.69) is 0 Å². The lowest BCUT2D eigenvalue weighted by Crippen LogP contribution is -2.24. The molecular formula is C9H11N. The molecule has 1 aromatic carbocycles. The zero-order valence-corrected chi connectivity index (χ0v) is 6.04.